The Morgan fingerprint density at radius 2 is 1.57 bits per heavy atom. The molecular formula is C24H23F6N3O4. The number of hydrogen-bond donors (Lipinski definition) is 4. The third-order valence-corrected chi connectivity index (χ3v) is 5.25. The molecule has 0 bridgehead atoms. The molecule has 3 rings (SSSR count). The zero-order chi connectivity index (χ0) is 27.7. The Hall–Kier alpha value is -3.74. The number of nitrogens with one attached hydrogen (secondary N) is 3. The van der Waals surface area contributed by atoms with Gasteiger partial charge in [-0.1, -0.05) is 13.8 Å². The van der Waals surface area contributed by atoms with Gasteiger partial charge in [0, 0.05) is 35.4 Å². The molecule has 1 unspecified atom stereocenters. The van der Waals surface area contributed by atoms with Crippen molar-refractivity contribution >= 4 is 28.4 Å². The predicted octanol–water partition coefficient (Wildman–Crippen LogP) is 5.56. The van der Waals surface area contributed by atoms with Crippen LogP contribution in [-0.4, -0.2) is 34.6 Å². The summed E-state index contributed by atoms with van der Waals surface area (Å²) < 4.78 is 88.4. The molecule has 0 spiro atoms. The molecule has 2 amide bonds. The number of anilines is 1. The molecule has 3 aromatic rings. The molecular weight excluding hydrogens is 508 g/mol. The van der Waals surface area contributed by atoms with Crippen molar-refractivity contribution in [3.8, 4) is 11.5 Å². The standard InChI is InChI=1S/C24H23F6N3O4/c1-11(2)16-10-31-19-8-14(4-5-15(16)19)37-20-17(23(25,26)27)6-13(7-18(20)24(28,29)30)33-22(36)21(35)32-9-12(3)34/h4-8,10-12,31,34H,9H2,1-3H3,(H,32,35)(H,33,36). The molecule has 0 saturated heterocycles. The van der Waals surface area contributed by atoms with E-state index >= 15 is 0 Å². The van der Waals surface area contributed by atoms with Gasteiger partial charge in [-0.05, 0) is 42.7 Å². The van der Waals surface area contributed by atoms with E-state index in [1.807, 2.05) is 19.2 Å². The van der Waals surface area contributed by atoms with Crippen LogP contribution < -0.4 is 15.4 Å². The SMILES string of the molecule is CC(O)CNC(=O)C(=O)Nc1cc(C(F)(F)F)c(Oc2ccc3c(C(C)C)c[nH]c3c2)c(C(F)(F)F)c1. The van der Waals surface area contributed by atoms with E-state index in [9.17, 15) is 35.9 Å². The lowest BCUT2D eigenvalue weighted by Crippen LogP contribution is -2.38. The minimum atomic E-state index is -5.31. The summed E-state index contributed by atoms with van der Waals surface area (Å²) >= 11 is 0. The molecule has 37 heavy (non-hydrogen) atoms. The quantitative estimate of drug-likeness (QED) is 0.247. The van der Waals surface area contributed by atoms with Crippen LogP contribution in [0.15, 0.2) is 36.5 Å². The number of fused-ring (bicyclic) bond motifs is 1. The van der Waals surface area contributed by atoms with E-state index in [2.05, 4.69) is 4.98 Å². The minimum Gasteiger partial charge on any atom is -0.456 e. The molecule has 1 aromatic heterocycles. The summed E-state index contributed by atoms with van der Waals surface area (Å²) in [4.78, 5) is 26.7. The van der Waals surface area contributed by atoms with Crippen molar-refractivity contribution in [3.63, 3.8) is 0 Å². The molecule has 4 N–H and O–H groups in total. The van der Waals surface area contributed by atoms with Gasteiger partial charge in [-0.3, -0.25) is 9.59 Å². The van der Waals surface area contributed by atoms with Gasteiger partial charge in [0.15, 0.2) is 5.75 Å². The molecule has 0 aliphatic heterocycles. The number of benzene rings is 2. The third-order valence-electron chi connectivity index (χ3n) is 5.25. The zero-order valence-electron chi connectivity index (χ0n) is 19.8. The molecule has 0 saturated carbocycles. The second kappa shape index (κ2) is 10.3. The first-order chi connectivity index (χ1) is 17.1. The van der Waals surface area contributed by atoms with E-state index in [1.165, 1.54) is 25.1 Å². The fourth-order valence-corrected chi connectivity index (χ4v) is 3.53. The van der Waals surface area contributed by atoms with Crippen LogP contribution in [0, 0.1) is 0 Å². The Labute approximate surface area is 206 Å². The van der Waals surface area contributed by atoms with Crippen molar-refractivity contribution < 1.29 is 45.8 Å². The Balaban J connectivity index is 2.05. The van der Waals surface area contributed by atoms with Crippen LogP contribution in [0.3, 0.4) is 0 Å². The maximum Gasteiger partial charge on any atom is 0.420 e. The van der Waals surface area contributed by atoms with Crippen LogP contribution in [0.5, 0.6) is 11.5 Å². The van der Waals surface area contributed by atoms with Crippen LogP contribution in [-0.2, 0) is 21.9 Å². The Kier molecular flexibility index (Phi) is 7.77. The van der Waals surface area contributed by atoms with Crippen molar-refractivity contribution in [1.82, 2.24) is 10.3 Å². The van der Waals surface area contributed by atoms with Gasteiger partial charge < -0.3 is 25.5 Å². The van der Waals surface area contributed by atoms with Gasteiger partial charge >= 0.3 is 24.2 Å². The normalized spacial score (nSPS) is 13.1. The van der Waals surface area contributed by atoms with Crippen molar-refractivity contribution in [1.29, 1.82) is 0 Å². The number of amides is 2. The highest BCUT2D eigenvalue weighted by Crippen LogP contribution is 2.47. The summed E-state index contributed by atoms with van der Waals surface area (Å²) in [7, 11) is 0. The fourth-order valence-electron chi connectivity index (χ4n) is 3.53. The van der Waals surface area contributed by atoms with Crippen LogP contribution in [0.1, 0.15) is 43.4 Å². The summed E-state index contributed by atoms with van der Waals surface area (Å²) in [5.74, 6) is -4.55. The zero-order valence-corrected chi connectivity index (χ0v) is 19.8. The van der Waals surface area contributed by atoms with E-state index in [0.29, 0.717) is 5.52 Å². The summed E-state index contributed by atoms with van der Waals surface area (Å²) in [6.45, 7) is 4.79. The van der Waals surface area contributed by atoms with E-state index in [-0.39, 0.29) is 30.3 Å². The van der Waals surface area contributed by atoms with Gasteiger partial charge in [-0.2, -0.15) is 26.3 Å². The third kappa shape index (κ3) is 6.53. The number of halogens is 6. The molecule has 2 aromatic carbocycles. The smallest absolute Gasteiger partial charge is 0.420 e. The van der Waals surface area contributed by atoms with E-state index in [1.54, 1.807) is 11.5 Å². The highest BCUT2D eigenvalue weighted by Gasteiger charge is 2.43. The average molecular weight is 531 g/mol. The van der Waals surface area contributed by atoms with Gasteiger partial charge in [0.2, 0.25) is 0 Å². The number of alkyl halides is 6. The van der Waals surface area contributed by atoms with Crippen molar-refractivity contribution in [2.75, 3.05) is 11.9 Å². The van der Waals surface area contributed by atoms with Crippen molar-refractivity contribution in [3.05, 3.63) is 53.2 Å². The van der Waals surface area contributed by atoms with Crippen LogP contribution >= 0.6 is 0 Å². The van der Waals surface area contributed by atoms with Gasteiger partial charge in [0.1, 0.15) is 16.9 Å². The van der Waals surface area contributed by atoms with E-state index in [0.717, 1.165) is 10.9 Å². The number of aliphatic hydroxyl groups is 1. The minimum absolute atomic E-state index is 0.117. The first-order valence-corrected chi connectivity index (χ1v) is 11.0. The molecule has 0 radical (unpaired) electrons. The Bertz CT molecular complexity index is 1280. The molecule has 0 aliphatic carbocycles. The summed E-state index contributed by atoms with van der Waals surface area (Å²) in [6.07, 6.45) is -9.97. The van der Waals surface area contributed by atoms with Crippen LogP contribution in [0.2, 0.25) is 0 Å². The Morgan fingerprint density at radius 1 is 0.973 bits per heavy atom. The molecule has 0 aliphatic rings. The lowest BCUT2D eigenvalue weighted by Gasteiger charge is -2.21. The second-order valence-electron chi connectivity index (χ2n) is 8.62. The number of ether oxygens (including phenoxy) is 1. The second-order valence-corrected chi connectivity index (χ2v) is 8.62. The number of aliphatic hydroxyl groups excluding tert-OH is 1. The maximum atomic E-state index is 13.9. The summed E-state index contributed by atoms with van der Waals surface area (Å²) in [6, 6.07) is 4.55. The molecule has 13 heteroatoms. The average Bonchev–Trinajstić information content (AvgIpc) is 3.20. The number of carbonyl (C=O) groups excluding carboxylic acids is 2. The van der Waals surface area contributed by atoms with Gasteiger partial charge in [-0.15, -0.1) is 0 Å². The number of H-pyrrole nitrogens is 1. The highest BCUT2D eigenvalue weighted by molar-refractivity contribution is 6.39. The van der Waals surface area contributed by atoms with Crippen molar-refractivity contribution in [2.24, 2.45) is 0 Å². The van der Waals surface area contributed by atoms with Crippen LogP contribution in [0.25, 0.3) is 10.9 Å². The van der Waals surface area contributed by atoms with Crippen molar-refractivity contribution in [2.45, 2.75) is 45.1 Å². The first kappa shape index (κ1) is 27.8. The molecule has 7 nitrogen and oxygen atoms in total. The molecule has 1 heterocycles. The summed E-state index contributed by atoms with van der Waals surface area (Å²) in [5, 5.41) is 13.6. The lowest BCUT2D eigenvalue weighted by atomic mass is 10.0. The van der Waals surface area contributed by atoms with Gasteiger partial charge in [-0.25, -0.2) is 0 Å². The molecule has 0 fully saturated rings. The number of aromatic nitrogens is 1. The Morgan fingerprint density at radius 3 is 2.08 bits per heavy atom. The molecule has 1 atom stereocenters. The monoisotopic (exact) mass is 531 g/mol. The number of hydrogen-bond acceptors (Lipinski definition) is 4. The summed E-state index contributed by atoms with van der Waals surface area (Å²) in [5.41, 5.74) is -3.18. The van der Waals surface area contributed by atoms with Gasteiger partial charge in [0.05, 0.1) is 6.10 Å². The van der Waals surface area contributed by atoms with Gasteiger partial charge in [0.25, 0.3) is 0 Å². The lowest BCUT2D eigenvalue weighted by molar-refractivity contribution is -0.145. The topological polar surface area (TPSA) is 103 Å². The number of carbonyl (C=O) groups is 2. The highest BCUT2D eigenvalue weighted by atomic mass is 19.4. The fraction of sp³-hybridized carbons (Fsp3) is 0.333. The predicted molar refractivity (Wildman–Crippen MR) is 122 cm³/mol. The maximum absolute atomic E-state index is 13.9. The van der Waals surface area contributed by atoms with E-state index in [4.69, 9.17) is 9.84 Å². The largest absolute Gasteiger partial charge is 0.456 e. The molecule has 200 valence electrons. The number of aromatic amines is 1. The number of rotatable bonds is 6. The first-order valence-electron chi connectivity index (χ1n) is 11.0. The van der Waals surface area contributed by atoms with Crippen LogP contribution in [0.4, 0.5) is 32.0 Å². The van der Waals surface area contributed by atoms with E-state index < -0.39 is 52.8 Å².